The van der Waals surface area contributed by atoms with E-state index in [9.17, 15) is 0 Å². The molecule has 1 aliphatic carbocycles. The van der Waals surface area contributed by atoms with E-state index in [1.807, 2.05) is 7.05 Å². The van der Waals surface area contributed by atoms with Gasteiger partial charge in [0.05, 0.1) is 0 Å². The quantitative estimate of drug-likeness (QED) is 0.350. The van der Waals surface area contributed by atoms with Gasteiger partial charge in [-0.2, -0.15) is 0 Å². The number of nitrogens with one attached hydrogen (secondary N) is 2. The number of para-hydroxylation sites is 1. The summed E-state index contributed by atoms with van der Waals surface area (Å²) in [5.41, 5.74) is 1.73. The molecule has 1 aromatic carbocycles. The molecule has 30 heavy (non-hydrogen) atoms. The molecule has 1 saturated heterocycles. The van der Waals surface area contributed by atoms with Gasteiger partial charge < -0.3 is 20.3 Å². The molecule has 2 fully saturated rings. The van der Waals surface area contributed by atoms with Gasteiger partial charge in [0.1, 0.15) is 0 Å². The minimum Gasteiger partial charge on any atom is -0.385 e. The van der Waals surface area contributed by atoms with Crippen LogP contribution in [0.4, 0.5) is 5.69 Å². The van der Waals surface area contributed by atoms with Gasteiger partial charge >= 0.3 is 0 Å². The molecule has 0 bridgehead atoms. The Morgan fingerprint density at radius 2 is 1.80 bits per heavy atom. The van der Waals surface area contributed by atoms with Crippen molar-refractivity contribution in [3.05, 3.63) is 30.3 Å². The van der Waals surface area contributed by atoms with Gasteiger partial charge in [-0.3, -0.25) is 9.89 Å². The van der Waals surface area contributed by atoms with Crippen LogP contribution < -0.4 is 15.5 Å². The number of methoxy groups -OCH3 is 1. The monoisotopic (exact) mass is 415 g/mol. The van der Waals surface area contributed by atoms with Gasteiger partial charge in [-0.1, -0.05) is 31.0 Å². The van der Waals surface area contributed by atoms with Crippen molar-refractivity contribution in [1.29, 1.82) is 0 Å². The third-order valence-electron chi connectivity index (χ3n) is 6.79. The molecule has 6 heteroatoms. The van der Waals surface area contributed by atoms with Gasteiger partial charge in [0, 0.05) is 65.7 Å². The summed E-state index contributed by atoms with van der Waals surface area (Å²) in [5.74, 6) is 0.938. The second-order valence-corrected chi connectivity index (χ2v) is 8.82. The van der Waals surface area contributed by atoms with Crippen LogP contribution in [0, 0.1) is 5.41 Å². The Bertz CT molecular complexity index is 622. The van der Waals surface area contributed by atoms with E-state index in [4.69, 9.17) is 4.74 Å². The summed E-state index contributed by atoms with van der Waals surface area (Å²) in [6, 6.07) is 10.8. The van der Waals surface area contributed by atoms with Gasteiger partial charge in [0.2, 0.25) is 0 Å². The number of piperazine rings is 1. The number of aliphatic imine (C=N–C) groups is 1. The molecule has 1 heterocycles. The van der Waals surface area contributed by atoms with E-state index in [1.54, 1.807) is 7.11 Å². The molecule has 0 radical (unpaired) electrons. The molecule has 1 saturated carbocycles. The van der Waals surface area contributed by atoms with E-state index in [1.165, 1.54) is 31.4 Å². The van der Waals surface area contributed by atoms with Gasteiger partial charge in [-0.05, 0) is 49.8 Å². The molecule has 0 unspecified atom stereocenters. The number of nitrogens with zero attached hydrogens (tertiary/aromatic N) is 3. The summed E-state index contributed by atoms with van der Waals surface area (Å²) in [7, 11) is 3.67. The average Bonchev–Trinajstić information content (AvgIpc) is 3.27. The molecule has 0 atom stereocenters. The van der Waals surface area contributed by atoms with Crippen LogP contribution >= 0.6 is 0 Å². The highest BCUT2D eigenvalue weighted by Gasteiger charge is 2.33. The topological polar surface area (TPSA) is 52.1 Å². The van der Waals surface area contributed by atoms with Crippen LogP contribution in [0.3, 0.4) is 0 Å². The molecule has 2 N–H and O–H groups in total. The standard InChI is InChI=1S/C24H41N5O/c1-25-23(27-21-24(13-20-30-2)11-6-7-12-24)26-14-8-15-28-16-18-29(19-17-28)22-9-4-3-5-10-22/h3-5,9-10H,6-8,11-21H2,1-2H3,(H2,25,26,27). The summed E-state index contributed by atoms with van der Waals surface area (Å²) in [6.07, 6.45) is 7.57. The Labute approximate surface area is 183 Å². The van der Waals surface area contributed by atoms with E-state index >= 15 is 0 Å². The minimum absolute atomic E-state index is 0.381. The first kappa shape index (κ1) is 22.9. The average molecular weight is 416 g/mol. The van der Waals surface area contributed by atoms with Crippen LogP contribution in [0.25, 0.3) is 0 Å². The largest absolute Gasteiger partial charge is 0.385 e. The van der Waals surface area contributed by atoms with Gasteiger partial charge in [-0.25, -0.2) is 0 Å². The maximum Gasteiger partial charge on any atom is 0.190 e. The fraction of sp³-hybridized carbons (Fsp3) is 0.708. The molecule has 3 rings (SSSR count). The second kappa shape index (κ2) is 12.2. The van der Waals surface area contributed by atoms with E-state index in [2.05, 4.69) is 55.8 Å². The van der Waals surface area contributed by atoms with Gasteiger partial charge in [-0.15, -0.1) is 0 Å². The maximum atomic E-state index is 5.35. The molecular formula is C24H41N5O. The van der Waals surface area contributed by atoms with Crippen molar-refractivity contribution in [2.24, 2.45) is 10.4 Å². The first-order valence-corrected chi connectivity index (χ1v) is 11.7. The SMILES string of the molecule is CN=C(NCCCN1CCN(c2ccccc2)CC1)NCC1(CCOC)CCCC1. The molecule has 168 valence electrons. The molecule has 0 spiro atoms. The summed E-state index contributed by atoms with van der Waals surface area (Å²) >= 11 is 0. The first-order chi connectivity index (χ1) is 14.7. The smallest absolute Gasteiger partial charge is 0.190 e. The van der Waals surface area contributed by atoms with Gasteiger partial charge in [0.25, 0.3) is 0 Å². The lowest BCUT2D eigenvalue weighted by Gasteiger charge is -2.36. The van der Waals surface area contributed by atoms with E-state index in [0.717, 1.165) is 71.2 Å². The number of ether oxygens (including phenoxy) is 1. The summed E-state index contributed by atoms with van der Waals surface area (Å²) in [6.45, 7) is 8.47. The fourth-order valence-electron chi connectivity index (χ4n) is 4.83. The molecule has 2 aliphatic rings. The van der Waals surface area contributed by atoms with Crippen molar-refractivity contribution in [3.8, 4) is 0 Å². The van der Waals surface area contributed by atoms with Crippen molar-refractivity contribution >= 4 is 11.6 Å². The normalized spacial score (nSPS) is 19.8. The molecule has 0 aromatic heterocycles. The Morgan fingerprint density at radius 1 is 1.07 bits per heavy atom. The first-order valence-electron chi connectivity index (χ1n) is 11.7. The lowest BCUT2D eigenvalue weighted by atomic mass is 9.83. The zero-order valence-corrected chi connectivity index (χ0v) is 19.0. The zero-order chi connectivity index (χ0) is 21.1. The third kappa shape index (κ3) is 6.88. The Balaban J connectivity index is 1.31. The fourth-order valence-corrected chi connectivity index (χ4v) is 4.83. The van der Waals surface area contributed by atoms with E-state index in [-0.39, 0.29) is 0 Å². The van der Waals surface area contributed by atoms with Crippen molar-refractivity contribution in [1.82, 2.24) is 15.5 Å². The van der Waals surface area contributed by atoms with Crippen LogP contribution in [0.5, 0.6) is 0 Å². The molecule has 1 aromatic rings. The molecule has 6 nitrogen and oxygen atoms in total. The van der Waals surface area contributed by atoms with E-state index < -0.39 is 0 Å². The van der Waals surface area contributed by atoms with Gasteiger partial charge in [0.15, 0.2) is 5.96 Å². The number of hydrogen-bond acceptors (Lipinski definition) is 4. The van der Waals surface area contributed by atoms with Crippen LogP contribution in [0.2, 0.25) is 0 Å². The predicted octanol–water partition coefficient (Wildman–Crippen LogP) is 2.96. The van der Waals surface area contributed by atoms with Crippen LogP contribution in [0.1, 0.15) is 38.5 Å². The maximum absolute atomic E-state index is 5.35. The molecule has 0 amide bonds. The minimum atomic E-state index is 0.381. The predicted molar refractivity (Wildman–Crippen MR) is 126 cm³/mol. The summed E-state index contributed by atoms with van der Waals surface area (Å²) in [5, 5.41) is 7.10. The lowest BCUT2D eigenvalue weighted by molar-refractivity contribution is 0.138. The number of rotatable bonds is 10. The number of hydrogen-bond donors (Lipinski definition) is 2. The number of guanidine groups is 1. The Morgan fingerprint density at radius 3 is 2.47 bits per heavy atom. The Hall–Kier alpha value is -1.79. The highest BCUT2D eigenvalue weighted by Crippen LogP contribution is 2.40. The third-order valence-corrected chi connectivity index (χ3v) is 6.79. The van der Waals surface area contributed by atoms with Crippen LogP contribution in [0.15, 0.2) is 35.3 Å². The summed E-state index contributed by atoms with van der Waals surface area (Å²) in [4.78, 5) is 9.50. The van der Waals surface area contributed by atoms with Crippen molar-refractivity contribution in [2.75, 3.05) is 71.5 Å². The zero-order valence-electron chi connectivity index (χ0n) is 19.0. The molecular weight excluding hydrogens is 374 g/mol. The van der Waals surface area contributed by atoms with Crippen LogP contribution in [-0.4, -0.2) is 77.4 Å². The highest BCUT2D eigenvalue weighted by molar-refractivity contribution is 5.79. The number of benzene rings is 1. The Kier molecular flexibility index (Phi) is 9.27. The van der Waals surface area contributed by atoms with Crippen molar-refractivity contribution in [2.45, 2.75) is 38.5 Å². The highest BCUT2D eigenvalue weighted by atomic mass is 16.5. The summed E-state index contributed by atoms with van der Waals surface area (Å²) < 4.78 is 5.35. The number of anilines is 1. The van der Waals surface area contributed by atoms with Crippen LogP contribution in [-0.2, 0) is 4.74 Å². The lowest BCUT2D eigenvalue weighted by Crippen LogP contribution is -2.47. The van der Waals surface area contributed by atoms with Crippen molar-refractivity contribution < 1.29 is 4.74 Å². The van der Waals surface area contributed by atoms with E-state index in [0.29, 0.717) is 5.41 Å². The van der Waals surface area contributed by atoms with Crippen molar-refractivity contribution in [3.63, 3.8) is 0 Å². The molecule has 1 aliphatic heterocycles. The second-order valence-electron chi connectivity index (χ2n) is 8.82.